The van der Waals surface area contributed by atoms with Gasteiger partial charge in [-0.05, 0) is 63.3 Å². The van der Waals surface area contributed by atoms with Crippen molar-refractivity contribution >= 4 is 28.7 Å². The first-order valence-electron chi connectivity index (χ1n) is 8.41. The van der Waals surface area contributed by atoms with Gasteiger partial charge in [-0.2, -0.15) is 5.10 Å². The number of carbonyl (C=O) groups excluding carboxylic acids is 1. The molecule has 0 atom stereocenters. The van der Waals surface area contributed by atoms with Gasteiger partial charge < -0.3 is 10.3 Å². The van der Waals surface area contributed by atoms with Crippen LogP contribution in [0.15, 0.2) is 29.0 Å². The van der Waals surface area contributed by atoms with Crippen LogP contribution in [0.2, 0.25) is 0 Å². The second-order valence-electron chi connectivity index (χ2n) is 7.27. The van der Waals surface area contributed by atoms with Gasteiger partial charge in [0.25, 0.3) is 0 Å². The lowest BCUT2D eigenvalue weighted by molar-refractivity contribution is -0.119. The number of aryl methyl sites for hydroxylation is 1. The molecule has 0 saturated carbocycles. The van der Waals surface area contributed by atoms with E-state index in [-0.39, 0.29) is 5.91 Å². The van der Waals surface area contributed by atoms with Crippen LogP contribution in [0.5, 0.6) is 0 Å². The summed E-state index contributed by atoms with van der Waals surface area (Å²) >= 11 is 0. The summed E-state index contributed by atoms with van der Waals surface area (Å²) in [5.41, 5.74) is 9.15. The Morgan fingerprint density at radius 3 is 2.88 bits per heavy atom. The maximum absolute atomic E-state index is 12.2. The number of allylic oxidation sites excluding steroid dienone is 1. The average Bonchev–Trinajstić information content (AvgIpc) is 2.98. The van der Waals surface area contributed by atoms with Crippen molar-refractivity contribution in [3.63, 3.8) is 0 Å². The van der Waals surface area contributed by atoms with E-state index in [1.807, 2.05) is 26.3 Å². The van der Waals surface area contributed by atoms with Gasteiger partial charge in [0, 0.05) is 22.8 Å². The SMILES string of the molecule is C/C1=C\N/N=C/c2[nH]c3cc4c(cc3c2CCC1)NC(=O)C4(C)C. The van der Waals surface area contributed by atoms with E-state index < -0.39 is 5.41 Å². The summed E-state index contributed by atoms with van der Waals surface area (Å²) in [6.45, 7) is 6.05. The number of fused-ring (bicyclic) bond motifs is 4. The first-order chi connectivity index (χ1) is 11.5. The first-order valence-corrected chi connectivity index (χ1v) is 8.41. The number of carbonyl (C=O) groups is 1. The Morgan fingerprint density at radius 2 is 2.04 bits per heavy atom. The third kappa shape index (κ3) is 2.23. The molecule has 5 nitrogen and oxygen atoms in total. The molecule has 2 aromatic rings. The molecule has 0 saturated heterocycles. The van der Waals surface area contributed by atoms with Gasteiger partial charge in [-0.25, -0.2) is 0 Å². The van der Waals surface area contributed by atoms with Gasteiger partial charge in [0.15, 0.2) is 0 Å². The number of hydrogen-bond donors (Lipinski definition) is 3. The Labute approximate surface area is 141 Å². The van der Waals surface area contributed by atoms with Crippen molar-refractivity contribution in [1.82, 2.24) is 10.4 Å². The number of hydrogen-bond acceptors (Lipinski definition) is 3. The van der Waals surface area contributed by atoms with Crippen LogP contribution >= 0.6 is 0 Å². The molecule has 4 rings (SSSR count). The van der Waals surface area contributed by atoms with Crippen LogP contribution in [-0.4, -0.2) is 17.1 Å². The minimum Gasteiger partial charge on any atom is -0.353 e. The van der Waals surface area contributed by atoms with E-state index in [4.69, 9.17) is 0 Å². The quantitative estimate of drug-likeness (QED) is 0.694. The second kappa shape index (κ2) is 5.23. The molecule has 0 fully saturated rings. The third-order valence-electron chi connectivity index (χ3n) is 5.14. The fraction of sp³-hybridized carbons (Fsp3) is 0.368. The van der Waals surface area contributed by atoms with E-state index in [0.29, 0.717) is 0 Å². The molecular weight excluding hydrogens is 300 g/mol. The Morgan fingerprint density at radius 1 is 1.21 bits per heavy atom. The normalized spacial score (nSPS) is 22.8. The highest BCUT2D eigenvalue weighted by atomic mass is 16.2. The molecular formula is C19H22N4O. The van der Waals surface area contributed by atoms with Crippen molar-refractivity contribution < 1.29 is 4.79 Å². The second-order valence-corrected chi connectivity index (χ2v) is 7.27. The number of aromatic amines is 1. The van der Waals surface area contributed by atoms with Crippen LogP contribution in [0.3, 0.4) is 0 Å². The lowest BCUT2D eigenvalue weighted by Crippen LogP contribution is -2.26. The number of amides is 1. The molecule has 0 unspecified atom stereocenters. The van der Waals surface area contributed by atoms with Gasteiger partial charge in [0.05, 0.1) is 17.3 Å². The van der Waals surface area contributed by atoms with Crippen molar-refractivity contribution in [2.24, 2.45) is 5.10 Å². The predicted octanol–water partition coefficient (Wildman–Crippen LogP) is 3.56. The van der Waals surface area contributed by atoms with E-state index in [0.717, 1.165) is 41.7 Å². The predicted molar refractivity (Wildman–Crippen MR) is 97.4 cm³/mol. The number of nitrogens with one attached hydrogen (secondary N) is 3. The van der Waals surface area contributed by atoms with Crippen molar-refractivity contribution in [1.29, 1.82) is 0 Å². The maximum atomic E-state index is 12.2. The van der Waals surface area contributed by atoms with Gasteiger partial charge in [-0.15, -0.1) is 0 Å². The van der Waals surface area contributed by atoms with Crippen LogP contribution in [-0.2, 0) is 16.6 Å². The number of H-pyrrole nitrogens is 1. The molecule has 1 amide bonds. The topological polar surface area (TPSA) is 69.3 Å². The summed E-state index contributed by atoms with van der Waals surface area (Å²) in [6, 6.07) is 4.22. The molecule has 124 valence electrons. The third-order valence-corrected chi connectivity index (χ3v) is 5.14. The lowest BCUT2D eigenvalue weighted by atomic mass is 9.85. The highest BCUT2D eigenvalue weighted by molar-refractivity contribution is 6.09. The molecule has 5 heteroatoms. The fourth-order valence-electron chi connectivity index (χ4n) is 3.58. The zero-order chi connectivity index (χ0) is 16.9. The zero-order valence-electron chi connectivity index (χ0n) is 14.3. The summed E-state index contributed by atoms with van der Waals surface area (Å²) in [5, 5.41) is 8.49. The standard InChI is InChI=1S/C19H22N4O/c1-11-5-4-6-12-13-7-16-14(19(2,3)18(24)23-16)8-15(13)22-17(12)10-21-20-9-11/h7-10,20,22H,4-6H2,1-3H3,(H,23,24)/b11-9+,21-10+. The Balaban J connectivity index is 1.85. The van der Waals surface area contributed by atoms with E-state index >= 15 is 0 Å². The Hall–Kier alpha value is -2.56. The molecule has 2 aliphatic heterocycles. The number of aromatic nitrogens is 1. The Bertz CT molecular complexity index is 902. The van der Waals surface area contributed by atoms with Crippen molar-refractivity contribution in [2.45, 2.75) is 45.4 Å². The molecule has 0 radical (unpaired) electrons. The summed E-state index contributed by atoms with van der Waals surface area (Å²) in [5.74, 6) is 0.0628. The smallest absolute Gasteiger partial charge is 0.234 e. The Kier molecular flexibility index (Phi) is 3.27. The average molecular weight is 322 g/mol. The number of nitrogens with zero attached hydrogens (tertiary/aromatic N) is 1. The molecule has 3 heterocycles. The van der Waals surface area contributed by atoms with Crippen LogP contribution in [0.4, 0.5) is 5.69 Å². The zero-order valence-corrected chi connectivity index (χ0v) is 14.3. The van der Waals surface area contributed by atoms with Crippen LogP contribution in [0.25, 0.3) is 10.9 Å². The number of anilines is 1. The summed E-state index contributed by atoms with van der Waals surface area (Å²) in [4.78, 5) is 15.7. The van der Waals surface area contributed by atoms with Crippen LogP contribution < -0.4 is 10.7 Å². The molecule has 0 aliphatic carbocycles. The van der Waals surface area contributed by atoms with E-state index in [9.17, 15) is 4.79 Å². The summed E-state index contributed by atoms with van der Waals surface area (Å²) in [6.07, 6.45) is 6.93. The van der Waals surface area contributed by atoms with E-state index in [2.05, 4.69) is 39.9 Å². The molecule has 24 heavy (non-hydrogen) atoms. The number of benzene rings is 1. The molecule has 0 bridgehead atoms. The maximum Gasteiger partial charge on any atom is 0.234 e. The number of rotatable bonds is 0. The van der Waals surface area contributed by atoms with Gasteiger partial charge in [-0.1, -0.05) is 5.57 Å². The molecule has 0 spiro atoms. The van der Waals surface area contributed by atoms with Gasteiger partial charge in [-0.3, -0.25) is 10.2 Å². The molecule has 3 N–H and O–H groups in total. The van der Waals surface area contributed by atoms with Crippen LogP contribution in [0, 0.1) is 0 Å². The van der Waals surface area contributed by atoms with Crippen molar-refractivity contribution in [3.05, 3.63) is 40.7 Å². The lowest BCUT2D eigenvalue weighted by Gasteiger charge is -2.14. The summed E-state index contributed by atoms with van der Waals surface area (Å²) < 4.78 is 0. The van der Waals surface area contributed by atoms with E-state index in [1.165, 1.54) is 16.5 Å². The van der Waals surface area contributed by atoms with Crippen molar-refractivity contribution in [2.75, 3.05) is 5.32 Å². The van der Waals surface area contributed by atoms with Crippen molar-refractivity contribution in [3.8, 4) is 0 Å². The van der Waals surface area contributed by atoms with E-state index in [1.54, 1.807) is 0 Å². The number of hydrazone groups is 1. The minimum atomic E-state index is -0.492. The molecule has 1 aromatic heterocycles. The highest BCUT2D eigenvalue weighted by Gasteiger charge is 2.38. The van der Waals surface area contributed by atoms with Gasteiger partial charge >= 0.3 is 0 Å². The van der Waals surface area contributed by atoms with Gasteiger partial charge in [0.2, 0.25) is 5.91 Å². The molecule has 1 aromatic carbocycles. The largest absolute Gasteiger partial charge is 0.353 e. The first kappa shape index (κ1) is 15.0. The summed E-state index contributed by atoms with van der Waals surface area (Å²) in [7, 11) is 0. The monoisotopic (exact) mass is 322 g/mol. The fourth-order valence-corrected chi connectivity index (χ4v) is 3.58. The van der Waals surface area contributed by atoms with Crippen LogP contribution in [0.1, 0.15) is 50.4 Å². The highest BCUT2D eigenvalue weighted by Crippen LogP contribution is 2.40. The van der Waals surface area contributed by atoms with Gasteiger partial charge in [0.1, 0.15) is 0 Å². The minimum absolute atomic E-state index is 0.0628. The molecule has 2 aliphatic rings.